The van der Waals surface area contributed by atoms with E-state index in [4.69, 9.17) is 5.73 Å². The molecular formula is C15H21F3N2. The smallest absolute Gasteiger partial charge is 0.382 e. The van der Waals surface area contributed by atoms with E-state index in [2.05, 4.69) is 5.32 Å². The number of nitrogens with one attached hydrogen (secondary N) is 1. The predicted octanol–water partition coefficient (Wildman–Crippen LogP) is 4.30. The van der Waals surface area contributed by atoms with Gasteiger partial charge in [0.25, 0.3) is 0 Å². The van der Waals surface area contributed by atoms with Gasteiger partial charge in [0.2, 0.25) is 0 Å². The maximum atomic E-state index is 12.7. The summed E-state index contributed by atoms with van der Waals surface area (Å²) in [6, 6.07) is 4.13. The van der Waals surface area contributed by atoms with Crippen LogP contribution in [0, 0.1) is 0 Å². The third-order valence-electron chi connectivity index (χ3n) is 3.87. The Morgan fingerprint density at radius 3 is 2.30 bits per heavy atom. The van der Waals surface area contributed by atoms with Crippen LogP contribution >= 0.6 is 0 Å². The number of alkyl halides is 3. The van der Waals surface area contributed by atoms with Gasteiger partial charge in [0.15, 0.2) is 0 Å². The van der Waals surface area contributed by atoms with Crippen LogP contribution in [0.5, 0.6) is 0 Å². The first-order chi connectivity index (χ1) is 9.50. The largest absolute Gasteiger partial charge is 0.416 e. The highest BCUT2D eigenvalue weighted by Gasteiger charge is 2.31. The van der Waals surface area contributed by atoms with Crippen molar-refractivity contribution in [3.8, 4) is 0 Å². The van der Waals surface area contributed by atoms with Gasteiger partial charge in [-0.2, -0.15) is 13.2 Å². The maximum Gasteiger partial charge on any atom is 0.416 e. The molecule has 3 N–H and O–H groups in total. The molecule has 1 aromatic carbocycles. The lowest BCUT2D eigenvalue weighted by atomic mass is 10.0. The Labute approximate surface area is 117 Å². The highest BCUT2D eigenvalue weighted by Crippen LogP contribution is 2.32. The van der Waals surface area contributed by atoms with Crippen LogP contribution in [-0.4, -0.2) is 6.04 Å². The Morgan fingerprint density at radius 1 is 1.10 bits per heavy atom. The van der Waals surface area contributed by atoms with Gasteiger partial charge in [0, 0.05) is 18.3 Å². The topological polar surface area (TPSA) is 38.0 Å². The molecule has 1 aromatic rings. The van der Waals surface area contributed by atoms with E-state index in [1.54, 1.807) is 0 Å². The van der Waals surface area contributed by atoms with Crippen LogP contribution in [0.3, 0.4) is 0 Å². The zero-order chi connectivity index (χ0) is 14.6. The van der Waals surface area contributed by atoms with Crippen molar-refractivity contribution in [1.82, 2.24) is 0 Å². The fourth-order valence-electron chi connectivity index (χ4n) is 2.72. The van der Waals surface area contributed by atoms with Crippen LogP contribution in [0.2, 0.25) is 0 Å². The second-order valence-corrected chi connectivity index (χ2v) is 5.41. The summed E-state index contributed by atoms with van der Waals surface area (Å²) in [6.07, 6.45) is 2.68. The van der Waals surface area contributed by atoms with Gasteiger partial charge < -0.3 is 11.1 Å². The molecule has 1 fully saturated rings. The zero-order valence-corrected chi connectivity index (χ0v) is 11.5. The number of hydrogen-bond acceptors (Lipinski definition) is 2. The minimum Gasteiger partial charge on any atom is -0.382 e. The summed E-state index contributed by atoms with van der Waals surface area (Å²) >= 11 is 0. The van der Waals surface area contributed by atoms with Gasteiger partial charge in [0.05, 0.1) is 5.56 Å². The van der Waals surface area contributed by atoms with Crippen molar-refractivity contribution in [3.63, 3.8) is 0 Å². The van der Waals surface area contributed by atoms with Crippen molar-refractivity contribution in [2.45, 2.75) is 57.3 Å². The Balaban J connectivity index is 2.14. The van der Waals surface area contributed by atoms with Crippen LogP contribution in [0.25, 0.3) is 0 Å². The molecule has 2 nitrogen and oxygen atoms in total. The van der Waals surface area contributed by atoms with Crippen molar-refractivity contribution < 1.29 is 13.2 Å². The van der Waals surface area contributed by atoms with Gasteiger partial charge in [-0.3, -0.25) is 0 Å². The van der Waals surface area contributed by atoms with E-state index < -0.39 is 11.7 Å². The van der Waals surface area contributed by atoms with Gasteiger partial charge in [-0.1, -0.05) is 25.7 Å². The molecule has 2 rings (SSSR count). The van der Waals surface area contributed by atoms with Gasteiger partial charge in [-0.25, -0.2) is 0 Å². The number of halogens is 3. The van der Waals surface area contributed by atoms with Gasteiger partial charge in [-0.15, -0.1) is 0 Å². The zero-order valence-electron chi connectivity index (χ0n) is 11.5. The molecule has 0 unspecified atom stereocenters. The summed E-state index contributed by atoms with van der Waals surface area (Å²) in [5, 5.41) is 3.37. The number of benzene rings is 1. The van der Waals surface area contributed by atoms with Crippen LogP contribution in [0.15, 0.2) is 18.2 Å². The van der Waals surface area contributed by atoms with E-state index in [1.807, 2.05) is 0 Å². The maximum absolute atomic E-state index is 12.7. The van der Waals surface area contributed by atoms with Crippen LogP contribution in [0.1, 0.15) is 49.7 Å². The highest BCUT2D eigenvalue weighted by atomic mass is 19.4. The Morgan fingerprint density at radius 2 is 1.75 bits per heavy atom. The first kappa shape index (κ1) is 15.2. The van der Waals surface area contributed by atoms with Crippen molar-refractivity contribution >= 4 is 5.69 Å². The number of nitrogens with two attached hydrogens (primary N) is 1. The van der Waals surface area contributed by atoms with Gasteiger partial charge >= 0.3 is 6.18 Å². The molecule has 0 radical (unpaired) electrons. The lowest BCUT2D eigenvalue weighted by molar-refractivity contribution is -0.137. The molecule has 0 amide bonds. The minimum absolute atomic E-state index is 0.110. The molecule has 0 heterocycles. The van der Waals surface area contributed by atoms with Crippen molar-refractivity contribution in [1.29, 1.82) is 0 Å². The molecule has 5 heteroatoms. The van der Waals surface area contributed by atoms with Gasteiger partial charge in [0.1, 0.15) is 0 Å². The summed E-state index contributed by atoms with van der Waals surface area (Å²) in [5.74, 6) is 0. The molecule has 1 aliphatic rings. The van der Waals surface area contributed by atoms with Gasteiger partial charge in [-0.05, 0) is 36.6 Å². The lowest BCUT2D eigenvalue weighted by Gasteiger charge is -2.20. The van der Waals surface area contributed by atoms with E-state index in [-0.39, 0.29) is 6.54 Å². The molecular weight excluding hydrogens is 265 g/mol. The SMILES string of the molecule is NCc1cc(C(F)(F)F)ccc1NC1CCCCCC1. The normalized spacial score (nSPS) is 17.8. The summed E-state index contributed by atoms with van der Waals surface area (Å²) in [7, 11) is 0. The fraction of sp³-hybridized carbons (Fsp3) is 0.600. The summed E-state index contributed by atoms with van der Waals surface area (Å²) in [6.45, 7) is 0.110. The molecule has 20 heavy (non-hydrogen) atoms. The first-order valence-electron chi connectivity index (χ1n) is 7.17. The van der Waals surface area contributed by atoms with E-state index in [0.29, 0.717) is 11.6 Å². The molecule has 0 aromatic heterocycles. The van der Waals surface area contributed by atoms with E-state index in [0.717, 1.165) is 30.7 Å². The molecule has 0 atom stereocenters. The summed E-state index contributed by atoms with van der Waals surface area (Å²) in [4.78, 5) is 0. The number of rotatable bonds is 3. The standard InChI is InChI=1S/C15H21F3N2/c16-15(17,18)12-7-8-14(11(9-12)10-19)20-13-5-3-1-2-4-6-13/h7-9,13,20H,1-6,10,19H2. The van der Waals surface area contributed by atoms with E-state index in [1.165, 1.54) is 31.7 Å². The van der Waals surface area contributed by atoms with Crippen LogP contribution in [-0.2, 0) is 12.7 Å². The minimum atomic E-state index is -4.31. The number of hydrogen-bond donors (Lipinski definition) is 2. The highest BCUT2D eigenvalue weighted by molar-refractivity contribution is 5.53. The Kier molecular flexibility index (Phi) is 4.91. The Bertz CT molecular complexity index is 435. The molecule has 0 aliphatic heterocycles. The first-order valence-corrected chi connectivity index (χ1v) is 7.17. The summed E-state index contributed by atoms with van der Waals surface area (Å²) < 4.78 is 38.1. The monoisotopic (exact) mass is 286 g/mol. The van der Waals surface area contributed by atoms with E-state index >= 15 is 0 Å². The molecule has 112 valence electrons. The molecule has 1 aliphatic carbocycles. The molecule has 0 saturated heterocycles. The molecule has 0 bridgehead atoms. The average molecular weight is 286 g/mol. The lowest BCUT2D eigenvalue weighted by Crippen LogP contribution is -2.20. The van der Waals surface area contributed by atoms with Crippen LogP contribution in [0.4, 0.5) is 18.9 Å². The second kappa shape index (κ2) is 6.48. The van der Waals surface area contributed by atoms with Crippen molar-refractivity contribution in [2.24, 2.45) is 5.73 Å². The van der Waals surface area contributed by atoms with Crippen molar-refractivity contribution in [2.75, 3.05) is 5.32 Å². The Hall–Kier alpha value is -1.23. The third-order valence-corrected chi connectivity index (χ3v) is 3.87. The average Bonchev–Trinajstić information content (AvgIpc) is 2.66. The van der Waals surface area contributed by atoms with Crippen LogP contribution < -0.4 is 11.1 Å². The third kappa shape index (κ3) is 3.88. The quantitative estimate of drug-likeness (QED) is 0.813. The van der Waals surface area contributed by atoms with E-state index in [9.17, 15) is 13.2 Å². The predicted molar refractivity (Wildman–Crippen MR) is 74.4 cm³/mol. The van der Waals surface area contributed by atoms with Crippen molar-refractivity contribution in [3.05, 3.63) is 29.3 Å². The second-order valence-electron chi connectivity index (χ2n) is 5.41. The fourth-order valence-corrected chi connectivity index (χ4v) is 2.72. The number of anilines is 1. The summed E-state index contributed by atoms with van der Waals surface area (Å²) in [5.41, 5.74) is 6.23. The molecule has 0 spiro atoms. The molecule has 1 saturated carbocycles.